The molecule has 2 aliphatic carbocycles. The molecular formula is C34H41FN2O5. The molecule has 0 unspecified atom stereocenters. The molecule has 2 aliphatic rings. The topological polar surface area (TPSA) is 89.8 Å². The van der Waals surface area contributed by atoms with E-state index in [1.54, 1.807) is 53.1 Å². The molecule has 3 aromatic rings. The molecule has 8 heteroatoms. The van der Waals surface area contributed by atoms with E-state index in [0.717, 1.165) is 38.5 Å². The van der Waals surface area contributed by atoms with Gasteiger partial charge in [0, 0.05) is 41.9 Å². The molecule has 0 radical (unpaired) electrons. The van der Waals surface area contributed by atoms with Gasteiger partial charge in [-0.3, -0.25) is 9.59 Å². The zero-order chi connectivity index (χ0) is 30.4. The average molecular weight is 577 g/mol. The molecule has 0 spiro atoms. The highest BCUT2D eigenvalue weighted by Crippen LogP contribution is 2.45. The van der Waals surface area contributed by atoms with Gasteiger partial charge in [-0.1, -0.05) is 13.0 Å². The summed E-state index contributed by atoms with van der Waals surface area (Å²) in [4.78, 5) is 25.3. The van der Waals surface area contributed by atoms with Crippen LogP contribution in [0.25, 0.3) is 11.1 Å². The fourth-order valence-corrected chi connectivity index (χ4v) is 5.57. The van der Waals surface area contributed by atoms with Crippen molar-refractivity contribution >= 4 is 5.91 Å². The first-order valence-corrected chi connectivity index (χ1v) is 14.7. The van der Waals surface area contributed by atoms with E-state index in [1.165, 1.54) is 22.8 Å². The predicted octanol–water partition coefficient (Wildman–Crippen LogP) is 6.43. The van der Waals surface area contributed by atoms with Crippen molar-refractivity contribution in [2.24, 2.45) is 12.5 Å². The molecule has 1 amide bonds. The van der Waals surface area contributed by atoms with Gasteiger partial charge >= 0.3 is 0 Å². The van der Waals surface area contributed by atoms with Crippen LogP contribution in [0.3, 0.4) is 0 Å². The molecule has 0 aliphatic heterocycles. The Hall–Kier alpha value is -3.65. The Bertz CT molecular complexity index is 1540. The molecule has 7 nitrogen and oxygen atoms in total. The third kappa shape index (κ3) is 6.38. The summed E-state index contributed by atoms with van der Waals surface area (Å²) in [5.74, 6) is 1.28. The van der Waals surface area contributed by atoms with Crippen molar-refractivity contribution in [3.05, 3.63) is 75.5 Å². The highest BCUT2D eigenvalue weighted by Gasteiger charge is 2.45. The van der Waals surface area contributed by atoms with Gasteiger partial charge in [0.15, 0.2) is 0 Å². The number of aryl methyl sites for hydroxylation is 3. The maximum Gasteiger partial charge on any atom is 0.254 e. The highest BCUT2D eigenvalue weighted by molar-refractivity contribution is 5.85. The molecule has 0 saturated heterocycles. The van der Waals surface area contributed by atoms with E-state index in [9.17, 15) is 19.1 Å². The number of nitrogens with zero attached hydrogens (tertiary/aromatic N) is 1. The summed E-state index contributed by atoms with van der Waals surface area (Å²) < 4.78 is 28.4. The summed E-state index contributed by atoms with van der Waals surface area (Å²) in [7, 11) is 1.68. The number of hydrogen-bond acceptors (Lipinski definition) is 5. The third-order valence-electron chi connectivity index (χ3n) is 8.65. The normalized spacial score (nSPS) is 19.7. The largest absolute Gasteiger partial charge is 0.490 e. The summed E-state index contributed by atoms with van der Waals surface area (Å²) >= 11 is 0. The van der Waals surface area contributed by atoms with Gasteiger partial charge in [0.2, 0.25) is 5.91 Å². The first-order chi connectivity index (χ1) is 19.7. The summed E-state index contributed by atoms with van der Waals surface area (Å²) in [6.07, 6.45) is 6.60. The zero-order valence-electron chi connectivity index (χ0n) is 25.3. The summed E-state index contributed by atoms with van der Waals surface area (Å²) in [6, 6.07) is 9.91. The molecule has 2 N–H and O–H groups in total. The van der Waals surface area contributed by atoms with Crippen molar-refractivity contribution in [2.75, 3.05) is 0 Å². The van der Waals surface area contributed by atoms with Crippen molar-refractivity contribution in [1.82, 2.24) is 9.88 Å². The molecule has 2 aromatic carbocycles. The van der Waals surface area contributed by atoms with Gasteiger partial charge in [-0.2, -0.15) is 0 Å². The Labute approximate surface area is 246 Å². The monoisotopic (exact) mass is 576 g/mol. The zero-order valence-corrected chi connectivity index (χ0v) is 25.3. The first-order valence-electron chi connectivity index (χ1n) is 14.7. The second-order valence-corrected chi connectivity index (χ2v) is 12.9. The first kappa shape index (κ1) is 29.8. The summed E-state index contributed by atoms with van der Waals surface area (Å²) in [5, 5.41) is 14.0. The quantitative estimate of drug-likeness (QED) is 0.322. The standard InChI is InChI=1S/C34H41FN2O5/c1-20-15-23(35)16-21(2)31(20)42-28-12-7-22(33(3,4)40)17-26(28)27-19-37(6)30(38)18-29(27)41-25-10-8-24(9-11-25)36-32(39)34(5)13-14-34/h7,12,15-19,24-25,40H,8-11,13-14H2,1-6H3,(H,36,39). The fraction of sp³-hybridized carbons (Fsp3) is 0.471. The van der Waals surface area contributed by atoms with Crippen molar-refractivity contribution < 1.29 is 23.8 Å². The average Bonchev–Trinajstić information content (AvgIpc) is 3.67. The van der Waals surface area contributed by atoms with Crippen LogP contribution >= 0.6 is 0 Å². The van der Waals surface area contributed by atoms with Crippen molar-refractivity contribution in [2.45, 2.75) is 90.9 Å². The van der Waals surface area contributed by atoms with Crippen LogP contribution in [-0.2, 0) is 17.4 Å². The number of amides is 1. The molecule has 224 valence electrons. The number of carbonyl (C=O) groups is 1. The van der Waals surface area contributed by atoms with E-state index >= 15 is 0 Å². The Morgan fingerprint density at radius 1 is 1.02 bits per heavy atom. The number of rotatable bonds is 8. The number of aromatic nitrogens is 1. The lowest BCUT2D eigenvalue weighted by Crippen LogP contribution is -2.42. The van der Waals surface area contributed by atoms with Gasteiger partial charge in [0.25, 0.3) is 5.56 Å². The van der Waals surface area contributed by atoms with Crippen LogP contribution in [0.5, 0.6) is 17.2 Å². The number of nitrogens with one attached hydrogen (secondary N) is 1. The Kier molecular flexibility index (Phi) is 7.96. The molecule has 2 saturated carbocycles. The highest BCUT2D eigenvalue weighted by atomic mass is 19.1. The Morgan fingerprint density at radius 2 is 1.67 bits per heavy atom. The van der Waals surface area contributed by atoms with E-state index in [1.807, 2.05) is 13.0 Å². The van der Waals surface area contributed by atoms with Crippen LogP contribution in [0.15, 0.2) is 47.4 Å². The lowest BCUT2D eigenvalue weighted by molar-refractivity contribution is -0.126. The number of ether oxygens (including phenoxy) is 2. The smallest absolute Gasteiger partial charge is 0.254 e. The number of benzene rings is 2. The predicted molar refractivity (Wildman–Crippen MR) is 160 cm³/mol. The minimum Gasteiger partial charge on any atom is -0.490 e. The second-order valence-electron chi connectivity index (χ2n) is 12.9. The van der Waals surface area contributed by atoms with Crippen LogP contribution in [0.4, 0.5) is 4.39 Å². The van der Waals surface area contributed by atoms with Gasteiger partial charge in [-0.15, -0.1) is 0 Å². The van der Waals surface area contributed by atoms with E-state index in [2.05, 4.69) is 5.32 Å². The van der Waals surface area contributed by atoms with Crippen molar-refractivity contribution in [3.8, 4) is 28.4 Å². The minimum absolute atomic E-state index is 0.121. The van der Waals surface area contributed by atoms with Crippen molar-refractivity contribution in [1.29, 1.82) is 0 Å². The SMILES string of the molecule is Cc1cc(F)cc(C)c1Oc1ccc(C(C)(C)O)cc1-c1cn(C)c(=O)cc1OC1CCC(NC(=O)C2(C)CC2)CC1. The van der Waals surface area contributed by atoms with Crippen LogP contribution in [0, 0.1) is 25.1 Å². The molecule has 1 aromatic heterocycles. The molecular weight excluding hydrogens is 535 g/mol. The minimum atomic E-state index is -1.13. The molecule has 0 bridgehead atoms. The molecule has 1 heterocycles. The lowest BCUT2D eigenvalue weighted by Gasteiger charge is -2.31. The van der Waals surface area contributed by atoms with Crippen molar-refractivity contribution in [3.63, 3.8) is 0 Å². The van der Waals surface area contributed by atoms with Gasteiger partial charge in [0.1, 0.15) is 23.1 Å². The van der Waals surface area contributed by atoms with E-state index in [0.29, 0.717) is 45.1 Å². The second kappa shape index (κ2) is 11.2. The van der Waals surface area contributed by atoms with Gasteiger partial charge < -0.3 is 24.5 Å². The van der Waals surface area contributed by atoms with E-state index in [-0.39, 0.29) is 34.8 Å². The fourth-order valence-electron chi connectivity index (χ4n) is 5.57. The van der Waals surface area contributed by atoms with E-state index < -0.39 is 5.60 Å². The van der Waals surface area contributed by atoms with Gasteiger partial charge in [-0.05, 0) is 107 Å². The number of carbonyl (C=O) groups excluding carboxylic acids is 1. The summed E-state index contributed by atoms with van der Waals surface area (Å²) in [5.41, 5.74) is 1.72. The van der Waals surface area contributed by atoms with Crippen LogP contribution in [0.1, 0.15) is 76.0 Å². The number of hydrogen-bond donors (Lipinski definition) is 2. The molecule has 5 rings (SSSR count). The Balaban J connectivity index is 1.47. The van der Waals surface area contributed by atoms with E-state index in [4.69, 9.17) is 9.47 Å². The van der Waals surface area contributed by atoms with Crippen LogP contribution in [-0.4, -0.2) is 27.7 Å². The van der Waals surface area contributed by atoms with Gasteiger partial charge in [-0.25, -0.2) is 4.39 Å². The van der Waals surface area contributed by atoms with Crippen LogP contribution < -0.4 is 20.3 Å². The van der Waals surface area contributed by atoms with Crippen LogP contribution in [0.2, 0.25) is 0 Å². The summed E-state index contributed by atoms with van der Waals surface area (Å²) in [6.45, 7) is 9.01. The molecule has 2 fully saturated rings. The maximum atomic E-state index is 14.0. The Morgan fingerprint density at radius 3 is 2.26 bits per heavy atom. The lowest BCUT2D eigenvalue weighted by atomic mass is 9.91. The number of aliphatic hydroxyl groups is 1. The molecule has 0 atom stereocenters. The molecule has 42 heavy (non-hydrogen) atoms. The maximum absolute atomic E-state index is 14.0. The number of halogens is 1. The van der Waals surface area contributed by atoms with Gasteiger partial charge in [0.05, 0.1) is 11.7 Å². The third-order valence-corrected chi connectivity index (χ3v) is 8.65. The number of pyridine rings is 1.